The number of amides is 3. The lowest BCUT2D eigenvalue weighted by Gasteiger charge is -2.10. The van der Waals surface area contributed by atoms with Crippen LogP contribution in [0, 0.1) is 0 Å². The van der Waals surface area contributed by atoms with Crippen LogP contribution in [0.2, 0.25) is 0 Å². The lowest BCUT2D eigenvalue weighted by molar-refractivity contribution is -0.119. The fourth-order valence-electron chi connectivity index (χ4n) is 0.981. The Morgan fingerprint density at radius 3 is 2.65 bits per heavy atom. The van der Waals surface area contributed by atoms with Gasteiger partial charge in [0, 0.05) is 0 Å². The Morgan fingerprint density at radius 2 is 2.12 bits per heavy atom. The van der Waals surface area contributed by atoms with Gasteiger partial charge in [-0.25, -0.2) is 9.59 Å². The highest BCUT2D eigenvalue weighted by Gasteiger charge is 2.16. The highest BCUT2D eigenvalue weighted by molar-refractivity contribution is 7.14. The van der Waals surface area contributed by atoms with Crippen molar-refractivity contribution in [1.82, 2.24) is 5.32 Å². The number of primary amides is 1. The van der Waals surface area contributed by atoms with E-state index in [0.717, 1.165) is 11.3 Å². The van der Waals surface area contributed by atoms with Crippen LogP contribution in [0.3, 0.4) is 0 Å². The maximum absolute atomic E-state index is 11.4. The van der Waals surface area contributed by atoms with E-state index in [1.54, 1.807) is 0 Å². The van der Waals surface area contributed by atoms with Crippen molar-refractivity contribution < 1.29 is 19.5 Å². The molecule has 0 aliphatic rings. The van der Waals surface area contributed by atoms with Gasteiger partial charge < -0.3 is 16.2 Å². The number of carbonyl (C=O) groups excluding carboxylic acids is 2. The first-order valence-corrected chi connectivity index (χ1v) is 5.47. The molecule has 0 radical (unpaired) electrons. The number of anilines is 1. The number of carboxylic acids is 1. The number of rotatable bonds is 4. The predicted molar refractivity (Wildman–Crippen MR) is 62.1 cm³/mol. The van der Waals surface area contributed by atoms with Gasteiger partial charge >= 0.3 is 12.0 Å². The Hall–Kier alpha value is -2.09. The Balaban J connectivity index is 2.65. The molecule has 1 aromatic rings. The number of nitrogens with one attached hydrogen (secondary N) is 2. The van der Waals surface area contributed by atoms with E-state index in [9.17, 15) is 14.4 Å². The minimum absolute atomic E-state index is 0.00289. The number of hydrogen-bond acceptors (Lipinski definition) is 4. The van der Waals surface area contributed by atoms with Gasteiger partial charge in [0.25, 0.3) is 0 Å². The third kappa shape index (κ3) is 3.45. The van der Waals surface area contributed by atoms with Crippen molar-refractivity contribution in [1.29, 1.82) is 0 Å². The van der Waals surface area contributed by atoms with Crippen LogP contribution in [-0.2, 0) is 4.79 Å². The van der Waals surface area contributed by atoms with E-state index < -0.39 is 23.9 Å². The molecule has 92 valence electrons. The molecule has 0 aliphatic heterocycles. The molecule has 0 saturated heterocycles. The quantitative estimate of drug-likeness (QED) is 0.625. The van der Waals surface area contributed by atoms with E-state index in [1.165, 1.54) is 18.4 Å². The summed E-state index contributed by atoms with van der Waals surface area (Å²) in [5, 5.41) is 15.1. The minimum atomic E-state index is -1.13. The lowest BCUT2D eigenvalue weighted by atomic mass is 10.3. The molecule has 0 aromatic carbocycles. The van der Waals surface area contributed by atoms with E-state index in [0.29, 0.717) is 0 Å². The highest BCUT2D eigenvalue weighted by atomic mass is 32.1. The topological polar surface area (TPSA) is 122 Å². The van der Waals surface area contributed by atoms with Gasteiger partial charge in [0.05, 0.1) is 5.56 Å². The average molecular weight is 257 g/mol. The van der Waals surface area contributed by atoms with E-state index in [2.05, 4.69) is 10.6 Å². The summed E-state index contributed by atoms with van der Waals surface area (Å²) in [7, 11) is 0. The summed E-state index contributed by atoms with van der Waals surface area (Å²) >= 11 is 1.07. The summed E-state index contributed by atoms with van der Waals surface area (Å²) in [5.74, 6) is -1.81. The molecule has 17 heavy (non-hydrogen) atoms. The zero-order valence-corrected chi connectivity index (χ0v) is 9.71. The van der Waals surface area contributed by atoms with Gasteiger partial charge in [0.2, 0.25) is 5.91 Å². The molecule has 5 N–H and O–H groups in total. The molecule has 1 rings (SSSR count). The van der Waals surface area contributed by atoms with Crippen LogP contribution >= 0.6 is 11.3 Å². The Bertz CT molecular complexity index is 457. The first-order valence-electron chi connectivity index (χ1n) is 4.59. The number of urea groups is 1. The molecule has 1 heterocycles. The molecule has 8 heteroatoms. The zero-order valence-electron chi connectivity index (χ0n) is 8.89. The second-order valence-electron chi connectivity index (χ2n) is 3.19. The van der Waals surface area contributed by atoms with Crippen LogP contribution in [0.15, 0.2) is 11.4 Å². The minimum Gasteiger partial charge on any atom is -0.478 e. The molecular formula is C9H11N3O4S. The fourth-order valence-corrected chi connectivity index (χ4v) is 1.76. The van der Waals surface area contributed by atoms with Crippen LogP contribution in [0.5, 0.6) is 0 Å². The fraction of sp³-hybridized carbons (Fsp3) is 0.222. The number of carbonyl (C=O) groups is 3. The third-order valence-corrected chi connectivity index (χ3v) is 2.73. The predicted octanol–water partition coefficient (Wildman–Crippen LogP) is 0.442. The van der Waals surface area contributed by atoms with E-state index in [4.69, 9.17) is 10.8 Å². The van der Waals surface area contributed by atoms with Crippen LogP contribution in [-0.4, -0.2) is 29.1 Å². The standard InChI is InChI=1S/C9H11N3O4S/c1-4(6(10)13)11-9(16)12-7-5(8(14)15)2-3-17-7/h2-4H,1H3,(H2,10,13)(H,14,15)(H2,11,12,16). The molecule has 1 unspecified atom stereocenters. The summed E-state index contributed by atoms with van der Waals surface area (Å²) < 4.78 is 0. The van der Waals surface area contributed by atoms with Crippen molar-refractivity contribution in [3.05, 3.63) is 17.0 Å². The maximum atomic E-state index is 11.4. The van der Waals surface area contributed by atoms with Gasteiger partial charge in [-0.15, -0.1) is 11.3 Å². The SMILES string of the molecule is CC(NC(=O)Nc1sccc1C(=O)O)C(N)=O. The van der Waals surface area contributed by atoms with Gasteiger partial charge in [-0.3, -0.25) is 10.1 Å². The van der Waals surface area contributed by atoms with Crippen LogP contribution in [0.4, 0.5) is 9.80 Å². The van der Waals surface area contributed by atoms with Crippen LogP contribution < -0.4 is 16.4 Å². The van der Waals surface area contributed by atoms with Crippen molar-refractivity contribution >= 4 is 34.2 Å². The van der Waals surface area contributed by atoms with Crippen molar-refractivity contribution in [2.45, 2.75) is 13.0 Å². The van der Waals surface area contributed by atoms with Crippen molar-refractivity contribution in [2.75, 3.05) is 5.32 Å². The number of thiophene rings is 1. The first kappa shape index (κ1) is 13.0. The summed E-state index contributed by atoms with van der Waals surface area (Å²) in [5.41, 5.74) is 4.96. The van der Waals surface area contributed by atoms with Gasteiger partial charge in [-0.05, 0) is 18.4 Å². The second-order valence-corrected chi connectivity index (χ2v) is 4.11. The van der Waals surface area contributed by atoms with Crippen LogP contribution in [0.1, 0.15) is 17.3 Å². The molecule has 0 spiro atoms. The van der Waals surface area contributed by atoms with Crippen molar-refractivity contribution in [3.8, 4) is 0 Å². The maximum Gasteiger partial charge on any atom is 0.338 e. The largest absolute Gasteiger partial charge is 0.478 e. The third-order valence-electron chi connectivity index (χ3n) is 1.90. The van der Waals surface area contributed by atoms with Crippen molar-refractivity contribution in [3.63, 3.8) is 0 Å². The number of aromatic carboxylic acids is 1. The average Bonchev–Trinajstić information content (AvgIpc) is 2.65. The summed E-state index contributed by atoms with van der Waals surface area (Å²) in [6.45, 7) is 1.43. The monoisotopic (exact) mass is 257 g/mol. The summed E-state index contributed by atoms with van der Waals surface area (Å²) in [6.07, 6.45) is 0. The molecule has 1 aromatic heterocycles. The molecular weight excluding hydrogens is 246 g/mol. The van der Waals surface area contributed by atoms with E-state index in [-0.39, 0.29) is 10.6 Å². The van der Waals surface area contributed by atoms with Crippen molar-refractivity contribution in [2.24, 2.45) is 5.73 Å². The molecule has 1 atom stereocenters. The highest BCUT2D eigenvalue weighted by Crippen LogP contribution is 2.22. The molecule has 0 fully saturated rings. The molecule has 7 nitrogen and oxygen atoms in total. The number of carboxylic acid groups (broad SMARTS) is 1. The molecule has 0 saturated carbocycles. The Morgan fingerprint density at radius 1 is 1.47 bits per heavy atom. The van der Waals surface area contributed by atoms with E-state index >= 15 is 0 Å². The summed E-state index contributed by atoms with van der Waals surface area (Å²) in [6, 6.07) is -0.135. The zero-order chi connectivity index (χ0) is 13.0. The van der Waals surface area contributed by atoms with Gasteiger partial charge in [-0.1, -0.05) is 0 Å². The first-order chi connectivity index (χ1) is 7.91. The van der Waals surface area contributed by atoms with E-state index in [1.807, 2.05) is 0 Å². The Kier molecular flexibility index (Phi) is 4.05. The number of nitrogens with two attached hydrogens (primary N) is 1. The summed E-state index contributed by atoms with van der Waals surface area (Å²) in [4.78, 5) is 32.8. The molecule has 0 aliphatic carbocycles. The van der Waals surface area contributed by atoms with Gasteiger partial charge in [-0.2, -0.15) is 0 Å². The van der Waals surface area contributed by atoms with Gasteiger partial charge in [0.15, 0.2) is 0 Å². The molecule has 0 bridgehead atoms. The van der Waals surface area contributed by atoms with Gasteiger partial charge in [0.1, 0.15) is 11.0 Å². The second kappa shape index (κ2) is 5.30. The molecule has 3 amide bonds. The number of hydrogen-bond donors (Lipinski definition) is 4. The smallest absolute Gasteiger partial charge is 0.338 e. The lowest BCUT2D eigenvalue weighted by Crippen LogP contribution is -2.44. The normalized spacial score (nSPS) is 11.6. The van der Waals surface area contributed by atoms with Crippen LogP contribution in [0.25, 0.3) is 0 Å². The Labute approximate surface area is 101 Å².